The quantitative estimate of drug-likeness (QED) is 0.205. The molecule has 0 radical (unpaired) electrons. The molecule has 0 fully saturated rings. The van der Waals surface area contributed by atoms with Crippen LogP contribution in [0.2, 0.25) is 0 Å². The first-order valence-electron chi connectivity index (χ1n) is 12.7. The number of carbonyl (C=O) groups excluding carboxylic acids is 2. The molecule has 212 valence electrons. The molecule has 1 aromatic carbocycles. The van der Waals surface area contributed by atoms with Crippen LogP contribution in [0.15, 0.2) is 24.3 Å². The number of likely N-dealkylation sites (N-methyl/N-ethyl adjacent to an activating group) is 2. The summed E-state index contributed by atoms with van der Waals surface area (Å²) in [6, 6.07) is 6.73. The van der Waals surface area contributed by atoms with E-state index in [1.807, 2.05) is 27.8 Å². The lowest BCUT2D eigenvalue weighted by Gasteiger charge is -2.24. The van der Waals surface area contributed by atoms with E-state index in [2.05, 4.69) is 10.2 Å². The number of hydrogen-bond donors (Lipinski definition) is 2. The summed E-state index contributed by atoms with van der Waals surface area (Å²) in [7, 11) is 3.71. The highest BCUT2D eigenvalue weighted by molar-refractivity contribution is 5.94. The third-order valence-corrected chi connectivity index (χ3v) is 5.04. The van der Waals surface area contributed by atoms with Gasteiger partial charge in [0.05, 0.1) is 51.8 Å². The number of nitrogens with zero attached hydrogens (tertiary/aromatic N) is 2. The van der Waals surface area contributed by atoms with Gasteiger partial charge in [0, 0.05) is 44.5 Å². The van der Waals surface area contributed by atoms with Crippen molar-refractivity contribution in [2.45, 2.75) is 26.4 Å². The monoisotopic (exact) mass is 526 g/mol. The van der Waals surface area contributed by atoms with Gasteiger partial charge in [0.1, 0.15) is 6.61 Å². The van der Waals surface area contributed by atoms with Crippen LogP contribution in [0.1, 0.15) is 31.1 Å². The Balaban J connectivity index is 1.90. The zero-order valence-electron chi connectivity index (χ0n) is 23.1. The summed E-state index contributed by atoms with van der Waals surface area (Å²) < 4.78 is 27.2. The first-order valence-corrected chi connectivity index (χ1v) is 12.7. The smallest absolute Gasteiger partial charge is 0.409 e. The Hall–Kier alpha value is -2.44. The largest absolute Gasteiger partial charge is 0.447 e. The molecule has 0 aliphatic rings. The van der Waals surface area contributed by atoms with E-state index in [1.165, 1.54) is 0 Å². The number of rotatable bonds is 19. The molecular formula is C26H46N4O7. The number of nitrogens with two attached hydrogens (primary N) is 1. The maximum atomic E-state index is 12.0. The van der Waals surface area contributed by atoms with Crippen LogP contribution in [-0.4, -0.2) is 121 Å². The number of nitrogens with one attached hydrogen (secondary N) is 1. The van der Waals surface area contributed by atoms with Gasteiger partial charge in [-0.25, -0.2) is 4.79 Å². The molecule has 0 saturated carbocycles. The summed E-state index contributed by atoms with van der Waals surface area (Å²) in [5.74, 6) is -0.167. The predicted molar refractivity (Wildman–Crippen MR) is 143 cm³/mol. The average Bonchev–Trinajstić information content (AvgIpc) is 2.84. The second-order valence-electron chi connectivity index (χ2n) is 9.52. The molecule has 0 atom stereocenters. The minimum Gasteiger partial charge on any atom is -0.447 e. The molecule has 3 N–H and O–H groups in total. The van der Waals surface area contributed by atoms with Crippen molar-refractivity contribution in [2.75, 3.05) is 98.9 Å². The summed E-state index contributed by atoms with van der Waals surface area (Å²) >= 11 is 0. The van der Waals surface area contributed by atoms with Gasteiger partial charge in [0.15, 0.2) is 0 Å². The number of anilines is 1. The normalized spacial score (nSPS) is 11.5. The van der Waals surface area contributed by atoms with Crippen LogP contribution < -0.4 is 11.1 Å². The van der Waals surface area contributed by atoms with E-state index in [1.54, 1.807) is 36.2 Å². The van der Waals surface area contributed by atoms with E-state index in [-0.39, 0.29) is 24.2 Å². The number of amides is 2. The molecule has 0 aliphatic carbocycles. The molecule has 11 nitrogen and oxygen atoms in total. The fourth-order valence-electron chi connectivity index (χ4n) is 2.84. The Kier molecular flexibility index (Phi) is 16.5. The summed E-state index contributed by atoms with van der Waals surface area (Å²) in [6.45, 7) is 11.8. The Labute approximate surface area is 221 Å². The van der Waals surface area contributed by atoms with Gasteiger partial charge in [-0.2, -0.15) is 0 Å². The molecule has 2 amide bonds. The number of hydrogen-bond acceptors (Lipinski definition) is 9. The standard InChI is InChI=1S/C26H46N4O7/c1-26(2,3)37-15-13-29(4)11-12-30(5)25(32)36-21-20-35-19-18-34-17-16-33-14-10-28-24(31)22-6-8-23(27)9-7-22/h6-9H,10-21,27H2,1-5H3,(H,28,31). The summed E-state index contributed by atoms with van der Waals surface area (Å²) in [5, 5.41) is 2.78. The summed E-state index contributed by atoms with van der Waals surface area (Å²) in [5.41, 5.74) is 6.63. The fourth-order valence-corrected chi connectivity index (χ4v) is 2.84. The Morgan fingerprint density at radius 2 is 1.38 bits per heavy atom. The molecule has 1 aromatic rings. The lowest BCUT2D eigenvalue weighted by Crippen LogP contribution is -2.37. The van der Waals surface area contributed by atoms with Gasteiger partial charge in [0.25, 0.3) is 5.91 Å². The number of nitrogen functional groups attached to an aromatic ring is 1. The second-order valence-corrected chi connectivity index (χ2v) is 9.52. The molecule has 0 bridgehead atoms. The number of ether oxygens (including phenoxy) is 5. The molecule has 0 aromatic heterocycles. The van der Waals surface area contributed by atoms with Crippen molar-refractivity contribution in [2.24, 2.45) is 0 Å². The van der Waals surface area contributed by atoms with Gasteiger partial charge in [-0.05, 0) is 52.1 Å². The molecule has 1 rings (SSSR count). The first kappa shape index (κ1) is 32.6. The minimum atomic E-state index is -0.374. The Morgan fingerprint density at radius 3 is 1.97 bits per heavy atom. The van der Waals surface area contributed by atoms with E-state index in [0.717, 1.165) is 13.1 Å². The zero-order chi connectivity index (χ0) is 27.5. The van der Waals surface area contributed by atoms with Crippen molar-refractivity contribution in [1.82, 2.24) is 15.1 Å². The Bertz CT molecular complexity index is 756. The van der Waals surface area contributed by atoms with Crippen molar-refractivity contribution in [3.05, 3.63) is 29.8 Å². The van der Waals surface area contributed by atoms with Crippen LogP contribution in [0.25, 0.3) is 0 Å². The second kappa shape index (κ2) is 18.8. The van der Waals surface area contributed by atoms with E-state index in [9.17, 15) is 9.59 Å². The zero-order valence-corrected chi connectivity index (χ0v) is 23.1. The van der Waals surface area contributed by atoms with E-state index in [0.29, 0.717) is 70.6 Å². The Morgan fingerprint density at radius 1 is 0.811 bits per heavy atom. The molecule has 37 heavy (non-hydrogen) atoms. The van der Waals surface area contributed by atoms with Crippen LogP contribution in [0, 0.1) is 0 Å². The highest BCUT2D eigenvalue weighted by Crippen LogP contribution is 2.06. The summed E-state index contributed by atoms with van der Waals surface area (Å²) in [6.07, 6.45) is -0.374. The van der Waals surface area contributed by atoms with Crippen LogP contribution in [0.3, 0.4) is 0 Å². The van der Waals surface area contributed by atoms with Crippen molar-refractivity contribution in [3.63, 3.8) is 0 Å². The molecule has 11 heteroatoms. The van der Waals surface area contributed by atoms with Crippen LogP contribution >= 0.6 is 0 Å². The van der Waals surface area contributed by atoms with Gasteiger partial charge in [-0.15, -0.1) is 0 Å². The number of benzene rings is 1. The van der Waals surface area contributed by atoms with E-state index < -0.39 is 0 Å². The van der Waals surface area contributed by atoms with Crippen molar-refractivity contribution in [1.29, 1.82) is 0 Å². The lowest BCUT2D eigenvalue weighted by molar-refractivity contribution is -0.0113. The van der Waals surface area contributed by atoms with E-state index in [4.69, 9.17) is 29.4 Å². The minimum absolute atomic E-state index is 0.148. The van der Waals surface area contributed by atoms with Crippen molar-refractivity contribution in [3.8, 4) is 0 Å². The maximum Gasteiger partial charge on any atom is 0.409 e. The molecular weight excluding hydrogens is 480 g/mol. The van der Waals surface area contributed by atoms with Gasteiger partial charge in [-0.3, -0.25) is 4.79 Å². The molecule has 0 spiro atoms. The molecule has 0 heterocycles. The SMILES string of the molecule is CN(CCOC(C)(C)C)CCN(C)C(=O)OCCOCCOCCOCCNC(=O)c1ccc(N)cc1. The third kappa shape index (κ3) is 17.6. The van der Waals surface area contributed by atoms with Gasteiger partial charge in [0.2, 0.25) is 0 Å². The van der Waals surface area contributed by atoms with Crippen molar-refractivity contribution >= 4 is 17.7 Å². The highest BCUT2D eigenvalue weighted by Gasteiger charge is 2.12. The highest BCUT2D eigenvalue weighted by atomic mass is 16.6. The van der Waals surface area contributed by atoms with Crippen LogP contribution in [0.5, 0.6) is 0 Å². The van der Waals surface area contributed by atoms with Gasteiger partial charge >= 0.3 is 6.09 Å². The van der Waals surface area contributed by atoms with Crippen LogP contribution in [-0.2, 0) is 23.7 Å². The maximum absolute atomic E-state index is 12.0. The predicted octanol–water partition coefficient (Wildman–Crippen LogP) is 1.86. The van der Waals surface area contributed by atoms with Gasteiger partial charge in [-0.1, -0.05) is 0 Å². The molecule has 0 saturated heterocycles. The van der Waals surface area contributed by atoms with E-state index >= 15 is 0 Å². The third-order valence-electron chi connectivity index (χ3n) is 5.04. The fraction of sp³-hybridized carbons (Fsp3) is 0.692. The first-order chi connectivity index (χ1) is 17.6. The number of carbonyl (C=O) groups is 2. The van der Waals surface area contributed by atoms with Crippen LogP contribution in [0.4, 0.5) is 10.5 Å². The average molecular weight is 527 g/mol. The lowest BCUT2D eigenvalue weighted by atomic mass is 10.2. The topological polar surface area (TPSA) is 125 Å². The van der Waals surface area contributed by atoms with Crippen molar-refractivity contribution < 1.29 is 33.3 Å². The molecule has 0 aliphatic heterocycles. The summed E-state index contributed by atoms with van der Waals surface area (Å²) in [4.78, 5) is 27.6. The van der Waals surface area contributed by atoms with Gasteiger partial charge < -0.3 is 44.5 Å². The molecule has 0 unspecified atom stereocenters.